The van der Waals surface area contributed by atoms with E-state index in [1.165, 1.54) is 12.1 Å². The van der Waals surface area contributed by atoms with Gasteiger partial charge in [-0.15, -0.1) is 0 Å². The monoisotopic (exact) mass is 340 g/mol. The van der Waals surface area contributed by atoms with E-state index in [2.05, 4.69) is 10.00 Å². The van der Waals surface area contributed by atoms with E-state index in [9.17, 15) is 13.9 Å². The Hall–Kier alpha value is -1.64. The molecule has 0 amide bonds. The van der Waals surface area contributed by atoms with Crippen molar-refractivity contribution in [2.75, 3.05) is 0 Å². The normalized spacial score (nSPS) is 14.7. The van der Waals surface area contributed by atoms with E-state index >= 15 is 0 Å². The van der Waals surface area contributed by atoms with Gasteiger partial charge in [0.1, 0.15) is 18.2 Å². The number of rotatable bonds is 6. The van der Waals surface area contributed by atoms with Gasteiger partial charge in [0.25, 0.3) is 0 Å². The highest BCUT2D eigenvalue weighted by molar-refractivity contribution is 7.71. The van der Waals surface area contributed by atoms with E-state index in [0.717, 1.165) is 18.9 Å². The molecule has 1 aromatic carbocycles. The van der Waals surface area contributed by atoms with Crippen molar-refractivity contribution in [3.05, 3.63) is 46.0 Å². The van der Waals surface area contributed by atoms with Crippen LogP contribution in [0.4, 0.5) is 8.78 Å². The Morgan fingerprint density at radius 2 is 2.13 bits per heavy atom. The summed E-state index contributed by atoms with van der Waals surface area (Å²) in [6, 6.07) is 3.98. The summed E-state index contributed by atoms with van der Waals surface area (Å²) in [6.07, 6.45) is 2.08. The van der Waals surface area contributed by atoms with Crippen molar-refractivity contribution in [2.24, 2.45) is 7.05 Å². The van der Waals surface area contributed by atoms with Gasteiger partial charge in [0, 0.05) is 31.3 Å². The van der Waals surface area contributed by atoms with E-state index < -0.39 is 11.6 Å². The summed E-state index contributed by atoms with van der Waals surface area (Å²) in [4.78, 5) is 2.07. The minimum atomic E-state index is -0.580. The van der Waals surface area contributed by atoms with Crippen LogP contribution in [0.5, 0.6) is 0 Å². The molecule has 0 spiro atoms. The van der Waals surface area contributed by atoms with Gasteiger partial charge in [-0.2, -0.15) is 5.10 Å². The lowest BCUT2D eigenvalue weighted by atomic mass is 10.2. The fourth-order valence-corrected chi connectivity index (χ4v) is 2.74. The Labute approximate surface area is 137 Å². The zero-order chi connectivity index (χ0) is 16.6. The van der Waals surface area contributed by atoms with Crippen LogP contribution in [0.25, 0.3) is 0 Å². The van der Waals surface area contributed by atoms with E-state index in [1.54, 1.807) is 16.3 Å². The van der Waals surface area contributed by atoms with Crippen LogP contribution < -0.4 is 0 Å². The molecule has 0 bridgehead atoms. The van der Waals surface area contributed by atoms with E-state index in [1.807, 2.05) is 0 Å². The molecule has 1 aliphatic carbocycles. The first-order valence-electron chi connectivity index (χ1n) is 7.41. The fraction of sp³-hybridized carbons (Fsp3) is 0.467. The minimum Gasteiger partial charge on any atom is -0.388 e. The van der Waals surface area contributed by atoms with Crippen LogP contribution in [0, 0.1) is 16.4 Å². The summed E-state index contributed by atoms with van der Waals surface area (Å²) in [6.45, 7) is 0.584. The van der Waals surface area contributed by atoms with E-state index in [0.29, 0.717) is 35.4 Å². The molecule has 1 aromatic heterocycles. The number of hydrogen-bond donors (Lipinski definition) is 1. The Balaban J connectivity index is 1.81. The number of aliphatic hydroxyl groups excluding tert-OH is 1. The maximum atomic E-state index is 13.9. The largest absolute Gasteiger partial charge is 0.388 e. The lowest BCUT2D eigenvalue weighted by molar-refractivity contribution is 0.182. The van der Waals surface area contributed by atoms with E-state index in [-0.39, 0.29) is 6.61 Å². The van der Waals surface area contributed by atoms with Crippen LogP contribution in [0.1, 0.15) is 24.2 Å². The number of benzene rings is 1. The molecule has 1 fully saturated rings. The summed E-state index contributed by atoms with van der Waals surface area (Å²) in [5, 5.41) is 13.6. The molecule has 1 heterocycles. The fourth-order valence-electron chi connectivity index (χ4n) is 2.54. The molecule has 0 saturated heterocycles. The van der Waals surface area contributed by atoms with E-state index in [4.69, 9.17) is 12.2 Å². The highest BCUT2D eigenvalue weighted by Crippen LogP contribution is 2.29. The van der Waals surface area contributed by atoms with Gasteiger partial charge in [-0.1, -0.05) is 6.07 Å². The second kappa shape index (κ2) is 6.46. The average molecular weight is 340 g/mol. The highest BCUT2D eigenvalue weighted by atomic mass is 32.1. The first kappa shape index (κ1) is 16.2. The SMILES string of the molecule is Cn1c(CO)nn(CN(Cc2ccc(F)cc2F)C2CC2)c1=S. The number of aliphatic hydroxyl groups is 1. The van der Waals surface area contributed by atoms with Crippen LogP contribution in [0.2, 0.25) is 0 Å². The van der Waals surface area contributed by atoms with Crippen molar-refractivity contribution in [1.82, 2.24) is 19.2 Å². The first-order valence-corrected chi connectivity index (χ1v) is 7.82. The molecule has 124 valence electrons. The molecule has 0 atom stereocenters. The van der Waals surface area contributed by atoms with Gasteiger partial charge < -0.3 is 9.67 Å². The highest BCUT2D eigenvalue weighted by Gasteiger charge is 2.30. The Bertz CT molecular complexity index is 769. The molecule has 0 unspecified atom stereocenters. The second-order valence-corrected chi connectivity index (χ2v) is 6.14. The maximum Gasteiger partial charge on any atom is 0.198 e. The predicted octanol–water partition coefficient (Wildman–Crippen LogP) is 2.34. The molecule has 5 nitrogen and oxygen atoms in total. The number of aromatic nitrogens is 3. The smallest absolute Gasteiger partial charge is 0.198 e. The number of nitrogens with zero attached hydrogens (tertiary/aromatic N) is 4. The quantitative estimate of drug-likeness (QED) is 0.820. The molecule has 1 N–H and O–H groups in total. The zero-order valence-electron chi connectivity index (χ0n) is 12.7. The standard InChI is InChI=1S/C15H18F2N4OS/c1-19-14(8-22)18-21(15(19)23)9-20(12-4-5-12)7-10-2-3-11(16)6-13(10)17/h2-3,6,12,22H,4-5,7-9H2,1H3. The third-order valence-corrected chi connectivity index (χ3v) is 4.52. The molecular formula is C15H18F2N4OS. The van der Waals surface area contributed by atoms with Crippen molar-refractivity contribution in [3.63, 3.8) is 0 Å². The lowest BCUT2D eigenvalue weighted by Gasteiger charge is -2.22. The summed E-state index contributed by atoms with van der Waals surface area (Å²) >= 11 is 5.32. The number of halogens is 2. The maximum absolute atomic E-state index is 13.9. The number of hydrogen-bond acceptors (Lipinski definition) is 4. The van der Waals surface area contributed by atoms with Crippen molar-refractivity contribution in [1.29, 1.82) is 0 Å². The van der Waals surface area contributed by atoms with Crippen LogP contribution in [-0.4, -0.2) is 30.4 Å². The molecule has 1 saturated carbocycles. The Morgan fingerprint density at radius 1 is 1.39 bits per heavy atom. The molecular weight excluding hydrogens is 322 g/mol. The third-order valence-electron chi connectivity index (χ3n) is 4.04. The summed E-state index contributed by atoms with van der Waals surface area (Å²) in [5.41, 5.74) is 0.447. The van der Waals surface area contributed by atoms with Crippen LogP contribution in [0.3, 0.4) is 0 Å². The third kappa shape index (κ3) is 3.49. The average Bonchev–Trinajstić information content (AvgIpc) is 3.32. The van der Waals surface area contributed by atoms with Gasteiger partial charge >= 0.3 is 0 Å². The van der Waals surface area contributed by atoms with Gasteiger partial charge in [-0.25, -0.2) is 13.5 Å². The first-order chi connectivity index (χ1) is 11.0. The molecule has 3 rings (SSSR count). The zero-order valence-corrected chi connectivity index (χ0v) is 13.6. The van der Waals surface area contributed by atoms with Crippen molar-refractivity contribution in [2.45, 2.75) is 38.7 Å². The van der Waals surface area contributed by atoms with Gasteiger partial charge in [0.2, 0.25) is 0 Å². The lowest BCUT2D eigenvalue weighted by Crippen LogP contribution is -2.29. The van der Waals surface area contributed by atoms with Gasteiger partial charge in [0.15, 0.2) is 10.6 Å². The Kier molecular flexibility index (Phi) is 4.56. The molecule has 0 radical (unpaired) electrons. The summed E-state index contributed by atoms with van der Waals surface area (Å²) in [5.74, 6) is -0.640. The second-order valence-electron chi connectivity index (χ2n) is 5.77. The Morgan fingerprint density at radius 3 is 2.70 bits per heavy atom. The molecule has 0 aliphatic heterocycles. The van der Waals surface area contributed by atoms with Crippen molar-refractivity contribution >= 4 is 12.2 Å². The van der Waals surface area contributed by atoms with Gasteiger partial charge in [-0.05, 0) is 31.1 Å². The van der Waals surface area contributed by atoms with Crippen molar-refractivity contribution < 1.29 is 13.9 Å². The summed E-state index contributed by atoms with van der Waals surface area (Å²) < 4.78 is 30.7. The van der Waals surface area contributed by atoms with Gasteiger partial charge in [0.05, 0.1) is 6.67 Å². The van der Waals surface area contributed by atoms with Crippen molar-refractivity contribution in [3.8, 4) is 0 Å². The predicted molar refractivity (Wildman–Crippen MR) is 82.9 cm³/mol. The topological polar surface area (TPSA) is 46.2 Å². The molecule has 8 heteroatoms. The van der Waals surface area contributed by atoms with Crippen LogP contribution in [0.15, 0.2) is 18.2 Å². The summed E-state index contributed by atoms with van der Waals surface area (Å²) in [7, 11) is 1.75. The molecule has 2 aromatic rings. The molecule has 23 heavy (non-hydrogen) atoms. The van der Waals surface area contributed by atoms with Crippen LogP contribution in [-0.2, 0) is 26.9 Å². The van der Waals surface area contributed by atoms with Crippen LogP contribution >= 0.6 is 12.2 Å². The minimum absolute atomic E-state index is 0.191. The van der Waals surface area contributed by atoms with Gasteiger partial charge in [-0.3, -0.25) is 4.90 Å². The molecule has 1 aliphatic rings.